The second kappa shape index (κ2) is 3.57. The van der Waals surface area contributed by atoms with Gasteiger partial charge in [-0.2, -0.15) is 0 Å². The highest BCUT2D eigenvalue weighted by Gasteiger charge is 2.15. The molecule has 1 amide bonds. The van der Waals surface area contributed by atoms with Crippen LogP contribution in [0.3, 0.4) is 0 Å². The van der Waals surface area contributed by atoms with Crippen LogP contribution in [0.15, 0.2) is 0 Å². The predicted molar refractivity (Wildman–Crippen MR) is 43.0 cm³/mol. The third kappa shape index (κ3) is 7.12. The van der Waals surface area contributed by atoms with Crippen molar-refractivity contribution in [3.05, 3.63) is 0 Å². The largest absolute Gasteiger partial charge is 0.431 e. The molecule has 0 aliphatic heterocycles. The van der Waals surface area contributed by atoms with E-state index in [0.717, 1.165) is 0 Å². The van der Waals surface area contributed by atoms with E-state index in [2.05, 4.69) is 10.1 Å². The Kier molecular flexibility index (Phi) is 3.32. The molecule has 0 aliphatic carbocycles. The van der Waals surface area contributed by atoms with Gasteiger partial charge in [-0.1, -0.05) is 0 Å². The molecule has 1 atom stereocenters. The number of carbonyl (C=O) groups is 1. The first-order chi connectivity index (χ1) is 4.81. The van der Waals surface area contributed by atoms with Crippen LogP contribution in [-0.4, -0.2) is 17.9 Å². The zero-order valence-electron chi connectivity index (χ0n) is 7.47. The van der Waals surface area contributed by atoms with Gasteiger partial charge in [0, 0.05) is 5.54 Å². The molecule has 0 spiro atoms. The minimum atomic E-state index is -0.558. The van der Waals surface area contributed by atoms with Gasteiger partial charge in [0.25, 0.3) is 0 Å². The summed E-state index contributed by atoms with van der Waals surface area (Å²) in [5.74, 6) is 0. The average molecular weight is 160 g/mol. The summed E-state index contributed by atoms with van der Waals surface area (Å²) in [6.07, 6.45) is -1.04. The van der Waals surface area contributed by atoms with E-state index in [9.17, 15) is 4.79 Å². The average Bonchev–Trinajstić information content (AvgIpc) is 1.53. The zero-order valence-corrected chi connectivity index (χ0v) is 7.47. The topological polar surface area (TPSA) is 64.3 Å². The molecule has 3 N–H and O–H groups in total. The van der Waals surface area contributed by atoms with Gasteiger partial charge in [0.1, 0.15) is 6.23 Å². The maximum absolute atomic E-state index is 10.9. The molecule has 0 saturated carbocycles. The SMILES string of the molecule is CC(N)OC(=O)NC(C)(C)C. The summed E-state index contributed by atoms with van der Waals surface area (Å²) in [5, 5.41) is 2.61. The monoisotopic (exact) mass is 160 g/mol. The quantitative estimate of drug-likeness (QED) is 0.558. The smallest absolute Gasteiger partial charge is 0.409 e. The lowest BCUT2D eigenvalue weighted by Crippen LogP contribution is -2.43. The van der Waals surface area contributed by atoms with Gasteiger partial charge in [-0.25, -0.2) is 4.79 Å². The minimum Gasteiger partial charge on any atom is -0.431 e. The van der Waals surface area contributed by atoms with Crippen LogP contribution in [0.2, 0.25) is 0 Å². The van der Waals surface area contributed by atoms with Crippen molar-refractivity contribution in [2.45, 2.75) is 39.5 Å². The Labute approximate surface area is 67.1 Å². The fourth-order valence-electron chi connectivity index (χ4n) is 0.504. The Morgan fingerprint density at radius 2 is 2.00 bits per heavy atom. The van der Waals surface area contributed by atoms with Crippen molar-refractivity contribution in [3.8, 4) is 0 Å². The molecule has 0 fully saturated rings. The van der Waals surface area contributed by atoms with Crippen molar-refractivity contribution in [1.29, 1.82) is 0 Å². The standard InChI is InChI=1S/C7H16N2O2/c1-5(8)11-6(10)9-7(2,3)4/h5H,8H2,1-4H3,(H,9,10). The van der Waals surface area contributed by atoms with Gasteiger partial charge in [0.15, 0.2) is 0 Å². The Hall–Kier alpha value is -0.770. The summed E-state index contributed by atoms with van der Waals surface area (Å²) < 4.78 is 4.65. The summed E-state index contributed by atoms with van der Waals surface area (Å²) in [6, 6.07) is 0. The van der Waals surface area contributed by atoms with Crippen molar-refractivity contribution < 1.29 is 9.53 Å². The van der Waals surface area contributed by atoms with Gasteiger partial charge >= 0.3 is 6.09 Å². The van der Waals surface area contributed by atoms with Crippen LogP contribution in [0.25, 0.3) is 0 Å². The normalized spacial score (nSPS) is 13.9. The molecule has 0 aromatic carbocycles. The van der Waals surface area contributed by atoms with Crippen LogP contribution in [0, 0.1) is 0 Å². The van der Waals surface area contributed by atoms with E-state index in [1.54, 1.807) is 6.92 Å². The lowest BCUT2D eigenvalue weighted by molar-refractivity contribution is 0.103. The first kappa shape index (κ1) is 10.2. The van der Waals surface area contributed by atoms with Gasteiger partial charge in [0.2, 0.25) is 0 Å². The molecular formula is C7H16N2O2. The second-order valence-electron chi connectivity index (χ2n) is 3.49. The lowest BCUT2D eigenvalue weighted by Gasteiger charge is -2.20. The van der Waals surface area contributed by atoms with Crippen molar-refractivity contribution >= 4 is 6.09 Å². The van der Waals surface area contributed by atoms with Crippen molar-refractivity contribution in [3.63, 3.8) is 0 Å². The summed E-state index contributed by atoms with van der Waals surface area (Å²) in [7, 11) is 0. The second-order valence-corrected chi connectivity index (χ2v) is 3.49. The Morgan fingerprint density at radius 1 is 1.55 bits per heavy atom. The highest BCUT2D eigenvalue weighted by Crippen LogP contribution is 1.99. The molecule has 0 bridgehead atoms. The fourth-order valence-corrected chi connectivity index (χ4v) is 0.504. The van der Waals surface area contributed by atoms with Crippen molar-refractivity contribution in [1.82, 2.24) is 5.32 Å². The third-order valence-electron chi connectivity index (χ3n) is 0.770. The van der Waals surface area contributed by atoms with Crippen LogP contribution >= 0.6 is 0 Å². The maximum Gasteiger partial charge on any atom is 0.409 e. The molecule has 1 unspecified atom stereocenters. The number of amides is 1. The number of hydrogen-bond donors (Lipinski definition) is 2. The lowest BCUT2D eigenvalue weighted by atomic mass is 10.1. The molecule has 4 heteroatoms. The van der Waals surface area contributed by atoms with Crippen molar-refractivity contribution in [2.24, 2.45) is 5.73 Å². The van der Waals surface area contributed by atoms with E-state index >= 15 is 0 Å². The predicted octanol–water partition coefficient (Wildman–Crippen LogP) is 0.816. The summed E-state index contributed by atoms with van der Waals surface area (Å²) in [5.41, 5.74) is 4.96. The van der Waals surface area contributed by atoms with Gasteiger partial charge < -0.3 is 10.1 Å². The van der Waals surface area contributed by atoms with Crippen LogP contribution in [0.1, 0.15) is 27.7 Å². The molecule has 0 heterocycles. The first-order valence-electron chi connectivity index (χ1n) is 3.55. The number of nitrogens with one attached hydrogen (secondary N) is 1. The maximum atomic E-state index is 10.9. The Morgan fingerprint density at radius 3 is 2.27 bits per heavy atom. The summed E-state index contributed by atoms with van der Waals surface area (Å²) in [6.45, 7) is 7.21. The number of nitrogens with two attached hydrogens (primary N) is 1. The molecule has 0 radical (unpaired) electrons. The number of carbonyl (C=O) groups excluding carboxylic acids is 1. The van der Waals surface area contributed by atoms with Crippen molar-refractivity contribution in [2.75, 3.05) is 0 Å². The molecule has 66 valence electrons. The summed E-state index contributed by atoms with van der Waals surface area (Å²) >= 11 is 0. The highest BCUT2D eigenvalue weighted by atomic mass is 16.6. The molecule has 0 aromatic rings. The van der Waals surface area contributed by atoms with E-state index in [-0.39, 0.29) is 5.54 Å². The number of alkyl carbamates (subject to hydrolysis) is 1. The Balaban J connectivity index is 3.71. The highest BCUT2D eigenvalue weighted by molar-refractivity contribution is 5.68. The third-order valence-corrected chi connectivity index (χ3v) is 0.770. The molecule has 0 aliphatic rings. The van der Waals surface area contributed by atoms with Gasteiger partial charge in [-0.15, -0.1) is 0 Å². The van der Waals surface area contributed by atoms with Gasteiger partial charge in [-0.05, 0) is 27.7 Å². The van der Waals surface area contributed by atoms with E-state index in [4.69, 9.17) is 5.73 Å². The zero-order chi connectivity index (χ0) is 9.07. The number of hydrogen-bond acceptors (Lipinski definition) is 3. The minimum absolute atomic E-state index is 0.272. The summed E-state index contributed by atoms with van der Waals surface area (Å²) in [4.78, 5) is 10.9. The molecule has 0 rings (SSSR count). The molecular weight excluding hydrogens is 144 g/mol. The molecule has 0 aromatic heterocycles. The van der Waals surface area contributed by atoms with Crippen LogP contribution < -0.4 is 11.1 Å². The molecule has 4 nitrogen and oxygen atoms in total. The number of rotatable bonds is 1. The van der Waals surface area contributed by atoms with Gasteiger partial charge in [-0.3, -0.25) is 5.73 Å². The fraction of sp³-hybridized carbons (Fsp3) is 0.857. The molecule has 11 heavy (non-hydrogen) atoms. The van der Waals surface area contributed by atoms with E-state index in [0.29, 0.717) is 0 Å². The van der Waals surface area contributed by atoms with Crippen LogP contribution in [0.4, 0.5) is 4.79 Å². The van der Waals surface area contributed by atoms with E-state index < -0.39 is 12.3 Å². The molecule has 0 saturated heterocycles. The van der Waals surface area contributed by atoms with E-state index in [1.165, 1.54) is 0 Å². The van der Waals surface area contributed by atoms with Gasteiger partial charge in [0.05, 0.1) is 0 Å². The first-order valence-corrected chi connectivity index (χ1v) is 3.55. The number of ether oxygens (including phenoxy) is 1. The van der Waals surface area contributed by atoms with E-state index in [1.807, 2.05) is 20.8 Å². The Bertz CT molecular complexity index is 138. The van der Waals surface area contributed by atoms with Crippen LogP contribution in [0.5, 0.6) is 0 Å². The van der Waals surface area contributed by atoms with Crippen LogP contribution in [-0.2, 0) is 4.74 Å².